The van der Waals surface area contributed by atoms with Crippen molar-refractivity contribution in [3.8, 4) is 34.5 Å². The number of benzene rings is 2. The third-order valence-corrected chi connectivity index (χ3v) is 3.77. The predicted molar refractivity (Wildman–Crippen MR) is 94.8 cm³/mol. The number of ether oxygens (including phenoxy) is 2. The Bertz CT molecular complexity index is 974. The predicted octanol–water partition coefficient (Wildman–Crippen LogP) is 4.58. The fraction of sp³-hybridized carbons (Fsp3) is 0.100. The van der Waals surface area contributed by atoms with Crippen molar-refractivity contribution in [3.05, 3.63) is 72.5 Å². The average Bonchev–Trinajstić information content (AvgIpc) is 3.37. The Labute approximate surface area is 150 Å². The summed E-state index contributed by atoms with van der Waals surface area (Å²) in [5.41, 5.74) is 0.886. The number of nitrogens with zero attached hydrogens (tertiary/aromatic N) is 2. The van der Waals surface area contributed by atoms with Gasteiger partial charge in [-0.1, -0.05) is 35.5 Å². The van der Waals surface area contributed by atoms with E-state index in [9.17, 15) is 0 Å². The van der Waals surface area contributed by atoms with Gasteiger partial charge < -0.3 is 18.4 Å². The molecule has 4 aromatic rings. The molecule has 0 N–H and O–H groups in total. The molecule has 2 aromatic carbocycles. The molecule has 6 heteroatoms. The summed E-state index contributed by atoms with van der Waals surface area (Å²) in [5.74, 6) is 3.53. The molecule has 0 radical (unpaired) electrons. The molecule has 0 saturated carbocycles. The lowest BCUT2D eigenvalue weighted by atomic mass is 10.2. The Hall–Kier alpha value is -3.54. The van der Waals surface area contributed by atoms with Crippen molar-refractivity contribution in [2.75, 3.05) is 7.11 Å². The highest BCUT2D eigenvalue weighted by Crippen LogP contribution is 2.25. The van der Waals surface area contributed by atoms with Crippen molar-refractivity contribution >= 4 is 0 Å². The first-order valence-corrected chi connectivity index (χ1v) is 8.07. The summed E-state index contributed by atoms with van der Waals surface area (Å²) < 4.78 is 21.9. The number of methoxy groups -OCH3 is 1. The molecule has 2 heterocycles. The summed E-state index contributed by atoms with van der Waals surface area (Å²) in [6, 6.07) is 20.6. The van der Waals surface area contributed by atoms with E-state index >= 15 is 0 Å². The highest BCUT2D eigenvalue weighted by molar-refractivity contribution is 5.57. The lowest BCUT2D eigenvalue weighted by molar-refractivity contribution is 0.270. The van der Waals surface area contributed by atoms with Crippen LogP contribution in [0.3, 0.4) is 0 Å². The Balaban J connectivity index is 1.43. The normalized spacial score (nSPS) is 10.7. The van der Waals surface area contributed by atoms with Crippen LogP contribution in [0.15, 0.2) is 75.7 Å². The second-order valence-corrected chi connectivity index (χ2v) is 5.52. The van der Waals surface area contributed by atoms with Crippen LogP contribution in [-0.2, 0) is 6.61 Å². The molecule has 0 atom stereocenters. The molecule has 0 spiro atoms. The third-order valence-electron chi connectivity index (χ3n) is 3.77. The maximum absolute atomic E-state index is 5.74. The van der Waals surface area contributed by atoms with Crippen LogP contribution in [0.4, 0.5) is 0 Å². The van der Waals surface area contributed by atoms with E-state index in [2.05, 4.69) is 10.1 Å². The first-order valence-electron chi connectivity index (χ1n) is 8.07. The zero-order chi connectivity index (χ0) is 17.8. The fourth-order valence-electron chi connectivity index (χ4n) is 2.42. The molecule has 130 valence electrons. The van der Waals surface area contributed by atoms with Crippen molar-refractivity contribution in [1.82, 2.24) is 10.1 Å². The molecule has 0 saturated heterocycles. The van der Waals surface area contributed by atoms with Gasteiger partial charge in [0.05, 0.1) is 7.11 Å². The molecule has 0 unspecified atom stereocenters. The van der Waals surface area contributed by atoms with Crippen molar-refractivity contribution in [1.29, 1.82) is 0 Å². The minimum absolute atomic E-state index is 0.298. The van der Waals surface area contributed by atoms with Gasteiger partial charge in [0.1, 0.15) is 23.9 Å². The van der Waals surface area contributed by atoms with E-state index in [-0.39, 0.29) is 0 Å². The molecule has 0 amide bonds. The van der Waals surface area contributed by atoms with Crippen LogP contribution in [0.1, 0.15) is 5.76 Å². The summed E-state index contributed by atoms with van der Waals surface area (Å²) in [5, 5.41) is 3.99. The Morgan fingerprint density at radius 1 is 0.885 bits per heavy atom. The Morgan fingerprint density at radius 3 is 2.42 bits per heavy atom. The van der Waals surface area contributed by atoms with Gasteiger partial charge in [-0.15, -0.1) is 0 Å². The molecule has 6 nitrogen and oxygen atoms in total. The van der Waals surface area contributed by atoms with Gasteiger partial charge in [-0.05, 0) is 36.4 Å². The van der Waals surface area contributed by atoms with Crippen LogP contribution in [0.5, 0.6) is 11.5 Å². The maximum atomic E-state index is 5.74. The van der Waals surface area contributed by atoms with Gasteiger partial charge in [-0.3, -0.25) is 0 Å². The quantitative estimate of drug-likeness (QED) is 0.508. The summed E-state index contributed by atoms with van der Waals surface area (Å²) in [6.45, 7) is 0.298. The molecular weight excluding hydrogens is 332 g/mol. The standard InChI is InChI=1S/C20H16N2O4/c1-23-15-7-9-16(10-8-15)24-13-17-11-12-18(25-17)20-21-19(22-26-20)14-5-3-2-4-6-14/h2-12H,13H2,1H3. The monoisotopic (exact) mass is 348 g/mol. The van der Waals surface area contributed by atoms with E-state index in [0.717, 1.165) is 17.1 Å². The van der Waals surface area contributed by atoms with Crippen molar-refractivity contribution in [3.63, 3.8) is 0 Å². The lowest BCUT2D eigenvalue weighted by Crippen LogP contribution is -1.93. The van der Waals surface area contributed by atoms with Gasteiger partial charge >= 0.3 is 0 Å². The minimum Gasteiger partial charge on any atom is -0.497 e. The first-order chi connectivity index (χ1) is 12.8. The number of aromatic nitrogens is 2. The molecule has 0 aliphatic carbocycles. The van der Waals surface area contributed by atoms with Crippen LogP contribution in [0, 0.1) is 0 Å². The molecule has 0 bridgehead atoms. The lowest BCUT2D eigenvalue weighted by Gasteiger charge is -2.05. The summed E-state index contributed by atoms with van der Waals surface area (Å²) in [6.07, 6.45) is 0. The zero-order valence-corrected chi connectivity index (χ0v) is 14.1. The topological polar surface area (TPSA) is 70.5 Å². The second-order valence-electron chi connectivity index (χ2n) is 5.52. The maximum Gasteiger partial charge on any atom is 0.293 e. The molecule has 0 aliphatic heterocycles. The van der Waals surface area contributed by atoms with Crippen LogP contribution in [0.25, 0.3) is 23.0 Å². The van der Waals surface area contributed by atoms with Gasteiger partial charge in [-0.2, -0.15) is 4.98 Å². The van der Waals surface area contributed by atoms with Gasteiger partial charge in [0.25, 0.3) is 5.89 Å². The fourth-order valence-corrected chi connectivity index (χ4v) is 2.42. The Kier molecular flexibility index (Phi) is 4.38. The molecule has 4 rings (SSSR count). The van der Waals surface area contributed by atoms with Crippen LogP contribution in [-0.4, -0.2) is 17.3 Å². The van der Waals surface area contributed by atoms with E-state index in [1.807, 2.05) is 60.7 Å². The van der Waals surface area contributed by atoms with Gasteiger partial charge in [0.15, 0.2) is 5.76 Å². The highest BCUT2D eigenvalue weighted by atomic mass is 16.5. The second kappa shape index (κ2) is 7.14. The SMILES string of the molecule is COc1ccc(OCc2ccc(-c3nc(-c4ccccc4)no3)o2)cc1. The summed E-state index contributed by atoms with van der Waals surface area (Å²) >= 11 is 0. The smallest absolute Gasteiger partial charge is 0.293 e. The first kappa shape index (κ1) is 16.0. The number of hydrogen-bond donors (Lipinski definition) is 0. The number of furan rings is 1. The zero-order valence-electron chi connectivity index (χ0n) is 14.1. The van der Waals surface area contributed by atoms with E-state index in [1.54, 1.807) is 13.2 Å². The number of rotatable bonds is 6. The third kappa shape index (κ3) is 3.44. The van der Waals surface area contributed by atoms with E-state index < -0.39 is 0 Å². The summed E-state index contributed by atoms with van der Waals surface area (Å²) in [4.78, 5) is 4.38. The largest absolute Gasteiger partial charge is 0.497 e. The van der Waals surface area contributed by atoms with Crippen molar-refractivity contribution < 1.29 is 18.4 Å². The minimum atomic E-state index is 0.298. The molecular formula is C20H16N2O4. The van der Waals surface area contributed by atoms with Crippen LogP contribution < -0.4 is 9.47 Å². The van der Waals surface area contributed by atoms with E-state index in [1.165, 1.54) is 0 Å². The number of hydrogen-bond acceptors (Lipinski definition) is 6. The molecule has 0 aliphatic rings. The highest BCUT2D eigenvalue weighted by Gasteiger charge is 2.14. The van der Waals surface area contributed by atoms with Crippen LogP contribution in [0.2, 0.25) is 0 Å². The molecule has 0 fully saturated rings. The van der Waals surface area contributed by atoms with Gasteiger partial charge in [0.2, 0.25) is 5.82 Å². The van der Waals surface area contributed by atoms with E-state index in [4.69, 9.17) is 18.4 Å². The molecule has 26 heavy (non-hydrogen) atoms. The summed E-state index contributed by atoms with van der Waals surface area (Å²) in [7, 11) is 1.63. The van der Waals surface area contributed by atoms with Crippen molar-refractivity contribution in [2.24, 2.45) is 0 Å². The molecule has 2 aromatic heterocycles. The van der Waals surface area contributed by atoms with Gasteiger partial charge in [0, 0.05) is 5.56 Å². The van der Waals surface area contributed by atoms with Crippen molar-refractivity contribution in [2.45, 2.75) is 6.61 Å². The Morgan fingerprint density at radius 2 is 1.65 bits per heavy atom. The average molecular weight is 348 g/mol. The van der Waals surface area contributed by atoms with Gasteiger partial charge in [-0.25, -0.2) is 0 Å². The van der Waals surface area contributed by atoms with Crippen LogP contribution >= 0.6 is 0 Å². The van der Waals surface area contributed by atoms with E-state index in [0.29, 0.717) is 29.8 Å².